The summed E-state index contributed by atoms with van der Waals surface area (Å²) in [6.45, 7) is 0. The Hall–Kier alpha value is -3.58. The highest BCUT2D eigenvalue weighted by molar-refractivity contribution is 5.97. The standard InChI is InChI=1S/C31H32N6O/c1-35(2)31(12-5-13-31)30-32-16-20(17-33-30)19-10-11-23-24(14-19)37-25-15-26(28(37)34-23)36(3)29(38)22-7-4-6-21(27(22)25)18-8-9-18/h4,6-7,10-11,14,16-18,25-26H,5,8-9,12-13,15H2,1-3H3/t25-,26-/m1/s1. The van der Waals surface area contributed by atoms with Gasteiger partial charge in [0.05, 0.1) is 28.7 Å². The number of hydrogen-bond acceptors (Lipinski definition) is 5. The van der Waals surface area contributed by atoms with Gasteiger partial charge in [-0.3, -0.25) is 9.69 Å². The Balaban J connectivity index is 1.25. The molecule has 38 heavy (non-hydrogen) atoms. The maximum Gasteiger partial charge on any atom is 0.254 e. The lowest BCUT2D eigenvalue weighted by Crippen LogP contribution is -2.48. The fourth-order valence-corrected chi connectivity index (χ4v) is 7.18. The van der Waals surface area contributed by atoms with Crippen LogP contribution in [0, 0.1) is 0 Å². The minimum atomic E-state index is -0.0269. The van der Waals surface area contributed by atoms with Gasteiger partial charge in [0.1, 0.15) is 11.6 Å². The number of aromatic nitrogens is 4. The molecule has 2 saturated carbocycles. The van der Waals surface area contributed by atoms with Crippen molar-refractivity contribution in [2.75, 3.05) is 21.1 Å². The molecular weight excluding hydrogens is 472 g/mol. The van der Waals surface area contributed by atoms with Gasteiger partial charge in [-0.15, -0.1) is 0 Å². The van der Waals surface area contributed by atoms with Crippen LogP contribution in [0.25, 0.3) is 22.2 Å². The first-order chi connectivity index (χ1) is 18.5. The van der Waals surface area contributed by atoms with E-state index in [1.807, 2.05) is 30.4 Å². The lowest BCUT2D eigenvalue weighted by Gasteiger charge is -2.45. The highest BCUT2D eigenvalue weighted by Crippen LogP contribution is 2.52. The van der Waals surface area contributed by atoms with Gasteiger partial charge < -0.3 is 9.47 Å². The third kappa shape index (κ3) is 2.94. The van der Waals surface area contributed by atoms with Gasteiger partial charge >= 0.3 is 0 Å². The summed E-state index contributed by atoms with van der Waals surface area (Å²) in [4.78, 5) is 32.5. The lowest BCUT2D eigenvalue weighted by molar-refractivity contribution is 0.0484. The van der Waals surface area contributed by atoms with Crippen LogP contribution in [0.4, 0.5) is 0 Å². The average Bonchev–Trinajstić information content (AvgIpc) is 3.60. The zero-order valence-corrected chi connectivity index (χ0v) is 22.2. The van der Waals surface area contributed by atoms with E-state index in [1.165, 1.54) is 30.4 Å². The Morgan fingerprint density at radius 2 is 1.79 bits per heavy atom. The van der Waals surface area contributed by atoms with Crippen LogP contribution in [-0.4, -0.2) is 56.4 Å². The second kappa shape index (κ2) is 7.73. The Labute approximate surface area is 222 Å². The monoisotopic (exact) mass is 504 g/mol. The number of imidazole rings is 1. The molecule has 8 rings (SSSR count). The van der Waals surface area contributed by atoms with Crippen LogP contribution in [0.1, 0.15) is 89.7 Å². The molecule has 192 valence electrons. The number of fused-ring (bicyclic) bond motifs is 9. The number of carbonyl (C=O) groups excluding carboxylic acids is 1. The summed E-state index contributed by atoms with van der Waals surface area (Å²) >= 11 is 0. The average molecular weight is 505 g/mol. The largest absolute Gasteiger partial charge is 0.331 e. The summed E-state index contributed by atoms with van der Waals surface area (Å²) in [5.41, 5.74) is 7.63. The minimum Gasteiger partial charge on any atom is -0.331 e. The van der Waals surface area contributed by atoms with Crippen molar-refractivity contribution in [3.63, 3.8) is 0 Å². The summed E-state index contributed by atoms with van der Waals surface area (Å²) in [7, 11) is 6.19. The zero-order chi connectivity index (χ0) is 25.8. The van der Waals surface area contributed by atoms with Gasteiger partial charge in [-0.1, -0.05) is 18.2 Å². The normalized spacial score (nSPS) is 23.4. The number of rotatable bonds is 4. The Bertz CT molecular complexity index is 1610. The molecule has 2 aliphatic carbocycles. The van der Waals surface area contributed by atoms with Crippen LogP contribution in [-0.2, 0) is 5.54 Å². The molecule has 4 aromatic rings. The highest BCUT2D eigenvalue weighted by atomic mass is 16.2. The molecule has 2 aromatic heterocycles. The molecular formula is C31H32N6O. The highest BCUT2D eigenvalue weighted by Gasteiger charge is 2.46. The van der Waals surface area contributed by atoms with Crippen molar-refractivity contribution in [2.24, 2.45) is 0 Å². The summed E-state index contributed by atoms with van der Waals surface area (Å²) < 4.78 is 2.42. The summed E-state index contributed by atoms with van der Waals surface area (Å²) in [6, 6.07) is 12.9. The summed E-state index contributed by atoms with van der Waals surface area (Å²) in [6.07, 6.45) is 10.7. The van der Waals surface area contributed by atoms with Gasteiger partial charge in [0.15, 0.2) is 0 Å². The maximum atomic E-state index is 13.5. The van der Waals surface area contributed by atoms with Gasteiger partial charge in [-0.05, 0) is 87.0 Å². The molecule has 0 radical (unpaired) electrons. The molecule has 2 bridgehead atoms. The molecule has 2 aromatic carbocycles. The number of carbonyl (C=O) groups is 1. The van der Waals surface area contributed by atoms with E-state index in [-0.39, 0.29) is 23.5 Å². The number of hydrogen-bond donors (Lipinski definition) is 0. The molecule has 4 aliphatic rings. The molecule has 7 nitrogen and oxygen atoms in total. The van der Waals surface area contributed by atoms with Gasteiger partial charge in [-0.25, -0.2) is 15.0 Å². The quantitative estimate of drug-likeness (QED) is 0.371. The molecule has 2 atom stereocenters. The van der Waals surface area contributed by atoms with E-state index in [0.29, 0.717) is 5.92 Å². The van der Waals surface area contributed by atoms with Crippen molar-refractivity contribution in [3.05, 3.63) is 77.1 Å². The fraction of sp³-hybridized carbons (Fsp3) is 0.419. The van der Waals surface area contributed by atoms with Crippen LogP contribution in [0.3, 0.4) is 0 Å². The topological polar surface area (TPSA) is 67.2 Å². The SMILES string of the molecule is CN1C(=O)c2cccc(C3CC3)c2[C@H]2C[C@@H]1c1nc3ccc(-c4cnc(C5(N(C)C)CCC5)nc4)cc3n12. The van der Waals surface area contributed by atoms with E-state index in [2.05, 4.69) is 53.9 Å². The van der Waals surface area contributed by atoms with Gasteiger partial charge in [0, 0.05) is 37.0 Å². The van der Waals surface area contributed by atoms with E-state index in [9.17, 15) is 4.79 Å². The predicted octanol–water partition coefficient (Wildman–Crippen LogP) is 5.43. The third-order valence-corrected chi connectivity index (χ3v) is 9.72. The maximum absolute atomic E-state index is 13.5. The molecule has 0 spiro atoms. The first kappa shape index (κ1) is 22.4. The molecule has 4 heterocycles. The second-order valence-corrected chi connectivity index (χ2v) is 11.9. The predicted molar refractivity (Wildman–Crippen MR) is 146 cm³/mol. The van der Waals surface area contributed by atoms with E-state index in [0.717, 1.165) is 58.6 Å². The molecule has 0 unspecified atom stereocenters. The van der Waals surface area contributed by atoms with Gasteiger partial charge in [0.25, 0.3) is 5.91 Å². The van der Waals surface area contributed by atoms with Crippen molar-refractivity contribution in [1.29, 1.82) is 0 Å². The first-order valence-electron chi connectivity index (χ1n) is 13.9. The first-order valence-corrected chi connectivity index (χ1v) is 13.9. The van der Waals surface area contributed by atoms with Crippen LogP contribution in [0.2, 0.25) is 0 Å². The Kier molecular flexibility index (Phi) is 4.56. The summed E-state index contributed by atoms with van der Waals surface area (Å²) in [5, 5.41) is 0. The van der Waals surface area contributed by atoms with Crippen LogP contribution in [0.5, 0.6) is 0 Å². The molecule has 2 fully saturated rings. The zero-order valence-electron chi connectivity index (χ0n) is 22.2. The van der Waals surface area contributed by atoms with Crippen LogP contribution in [0.15, 0.2) is 48.8 Å². The molecule has 1 amide bonds. The van der Waals surface area contributed by atoms with E-state index >= 15 is 0 Å². The van der Waals surface area contributed by atoms with E-state index < -0.39 is 0 Å². The molecule has 0 saturated heterocycles. The van der Waals surface area contributed by atoms with Gasteiger partial charge in [0.2, 0.25) is 0 Å². The lowest BCUT2D eigenvalue weighted by atomic mass is 9.75. The van der Waals surface area contributed by atoms with Crippen molar-refractivity contribution < 1.29 is 4.79 Å². The van der Waals surface area contributed by atoms with Crippen molar-refractivity contribution >= 4 is 16.9 Å². The van der Waals surface area contributed by atoms with Crippen molar-refractivity contribution in [2.45, 2.75) is 62.1 Å². The van der Waals surface area contributed by atoms with Gasteiger partial charge in [-0.2, -0.15) is 0 Å². The van der Waals surface area contributed by atoms with E-state index in [4.69, 9.17) is 15.0 Å². The number of amides is 1. The number of nitrogens with zero attached hydrogens (tertiary/aromatic N) is 6. The Morgan fingerprint density at radius 1 is 1.00 bits per heavy atom. The van der Waals surface area contributed by atoms with Crippen LogP contribution < -0.4 is 0 Å². The Morgan fingerprint density at radius 3 is 2.47 bits per heavy atom. The van der Waals surface area contributed by atoms with Crippen LogP contribution >= 0.6 is 0 Å². The fourth-order valence-electron chi connectivity index (χ4n) is 7.18. The van der Waals surface area contributed by atoms with E-state index in [1.54, 1.807) is 0 Å². The third-order valence-electron chi connectivity index (χ3n) is 9.72. The summed E-state index contributed by atoms with van der Waals surface area (Å²) in [5.74, 6) is 2.61. The molecule has 0 N–H and O–H groups in total. The number of benzene rings is 2. The van der Waals surface area contributed by atoms with Crippen molar-refractivity contribution in [3.8, 4) is 11.1 Å². The molecule has 7 heteroatoms. The minimum absolute atomic E-state index is 0.0184. The van der Waals surface area contributed by atoms with Crippen molar-refractivity contribution in [1.82, 2.24) is 29.3 Å². The molecule has 2 aliphatic heterocycles. The second-order valence-electron chi connectivity index (χ2n) is 11.9. The smallest absolute Gasteiger partial charge is 0.254 e.